The molecule has 0 radical (unpaired) electrons. The van der Waals surface area contributed by atoms with Crippen molar-refractivity contribution in [1.82, 2.24) is 9.80 Å². The minimum absolute atomic E-state index is 0.156. The number of aliphatic carboxylic acids is 1. The van der Waals surface area contributed by atoms with E-state index in [1.165, 1.54) is 0 Å². The molecule has 2 rings (SSSR count). The van der Waals surface area contributed by atoms with Crippen LogP contribution in [0, 0.1) is 0 Å². The summed E-state index contributed by atoms with van der Waals surface area (Å²) < 4.78 is 9.39. The zero-order chi connectivity index (χ0) is 16.4. The van der Waals surface area contributed by atoms with Crippen molar-refractivity contribution in [1.29, 1.82) is 0 Å². The summed E-state index contributed by atoms with van der Waals surface area (Å²) >= 11 is 0. The van der Waals surface area contributed by atoms with Crippen LogP contribution in [0.3, 0.4) is 0 Å². The zero-order valence-electron chi connectivity index (χ0n) is 11.7. The van der Waals surface area contributed by atoms with E-state index in [1.807, 2.05) is 0 Å². The topological polar surface area (TPSA) is 131 Å². The highest BCUT2D eigenvalue weighted by Gasteiger charge is 2.43. The summed E-state index contributed by atoms with van der Waals surface area (Å²) in [6.45, 7) is 0.797. The Labute approximate surface area is 124 Å². The molecule has 2 atom stereocenters. The van der Waals surface area contributed by atoms with E-state index >= 15 is 0 Å². The first kappa shape index (κ1) is 15.7. The van der Waals surface area contributed by atoms with Crippen molar-refractivity contribution in [3.8, 4) is 0 Å². The van der Waals surface area contributed by atoms with Crippen molar-refractivity contribution in [2.24, 2.45) is 0 Å². The van der Waals surface area contributed by atoms with Gasteiger partial charge in [-0.15, -0.1) is 0 Å². The molecule has 0 aliphatic carbocycles. The van der Waals surface area contributed by atoms with Gasteiger partial charge in [-0.1, -0.05) is 0 Å². The monoisotopic (exact) mass is 314 g/mol. The van der Waals surface area contributed by atoms with Crippen LogP contribution in [0.4, 0.5) is 9.59 Å². The number of hydrogen-bond donors (Lipinski definition) is 1. The molecule has 0 aromatic rings. The number of carbonyl (C=O) groups is 5. The number of imide groups is 2. The van der Waals surface area contributed by atoms with Gasteiger partial charge in [0.25, 0.3) is 0 Å². The molecule has 0 aromatic heterocycles. The number of nitrogens with zero attached hydrogens (tertiary/aromatic N) is 2. The molecule has 0 spiro atoms. The highest BCUT2D eigenvalue weighted by Crippen LogP contribution is 2.21. The third-order valence-corrected chi connectivity index (χ3v) is 3.35. The second-order valence-corrected chi connectivity index (χ2v) is 4.92. The van der Waals surface area contributed by atoms with Crippen LogP contribution in [0.2, 0.25) is 0 Å². The number of cyclic esters (lactones) is 2. The summed E-state index contributed by atoms with van der Waals surface area (Å²) in [5, 5.41) is 8.77. The van der Waals surface area contributed by atoms with E-state index in [0.717, 1.165) is 16.7 Å². The largest absolute Gasteiger partial charge is 0.481 e. The van der Waals surface area contributed by atoms with Gasteiger partial charge in [-0.2, -0.15) is 0 Å². The Morgan fingerprint density at radius 2 is 1.55 bits per heavy atom. The number of rotatable bonds is 4. The van der Waals surface area contributed by atoms with Gasteiger partial charge in [-0.05, 0) is 0 Å². The van der Waals surface area contributed by atoms with Gasteiger partial charge in [-0.25, -0.2) is 19.4 Å². The standard InChI is InChI=1S/C12H14N2O8/c1-6(15)13-7(4-21-11(13)19)2-9(16)14-8(3-10(17)18)5-22-12(14)20/h7-8H,2-5H2,1H3,(H,17,18)/t7-,8-/m0/s1. The van der Waals surface area contributed by atoms with Crippen LogP contribution < -0.4 is 0 Å². The second kappa shape index (κ2) is 6.00. The van der Waals surface area contributed by atoms with Gasteiger partial charge in [0, 0.05) is 6.92 Å². The lowest BCUT2D eigenvalue weighted by atomic mass is 10.1. The number of ether oxygens (including phenoxy) is 2. The molecule has 22 heavy (non-hydrogen) atoms. The Kier molecular flexibility index (Phi) is 4.29. The fraction of sp³-hybridized carbons (Fsp3) is 0.583. The van der Waals surface area contributed by atoms with Crippen LogP contribution in [-0.2, 0) is 23.9 Å². The van der Waals surface area contributed by atoms with Crippen LogP contribution in [-0.4, -0.2) is 70.2 Å². The molecule has 0 saturated carbocycles. The first-order valence-electron chi connectivity index (χ1n) is 6.48. The maximum atomic E-state index is 12.2. The van der Waals surface area contributed by atoms with Crippen molar-refractivity contribution in [2.45, 2.75) is 31.8 Å². The van der Waals surface area contributed by atoms with Gasteiger partial charge in [-0.3, -0.25) is 14.4 Å². The molecule has 2 aliphatic rings. The molecule has 0 unspecified atom stereocenters. The maximum Gasteiger partial charge on any atom is 0.416 e. The molecule has 2 saturated heterocycles. The summed E-state index contributed by atoms with van der Waals surface area (Å²) in [6.07, 6.45) is -2.56. The Morgan fingerprint density at radius 3 is 2.05 bits per heavy atom. The van der Waals surface area contributed by atoms with Crippen LogP contribution in [0.15, 0.2) is 0 Å². The number of hydrogen-bond acceptors (Lipinski definition) is 7. The minimum atomic E-state index is -1.18. The van der Waals surface area contributed by atoms with E-state index < -0.39 is 48.5 Å². The average Bonchev–Trinajstić information content (AvgIpc) is 2.92. The smallest absolute Gasteiger partial charge is 0.416 e. The molecule has 0 aromatic carbocycles. The van der Waals surface area contributed by atoms with Gasteiger partial charge < -0.3 is 14.6 Å². The second-order valence-electron chi connectivity index (χ2n) is 4.92. The Bertz CT molecular complexity index is 545. The normalized spacial score (nSPS) is 24.2. The third kappa shape index (κ3) is 3.00. The molecule has 2 heterocycles. The van der Waals surface area contributed by atoms with E-state index in [4.69, 9.17) is 9.84 Å². The SMILES string of the molecule is CC(=O)N1C(=O)OC[C@@H]1CC(=O)N1C(=O)OC[C@@H]1CC(=O)O. The van der Waals surface area contributed by atoms with Gasteiger partial charge in [0.15, 0.2) is 0 Å². The third-order valence-electron chi connectivity index (χ3n) is 3.35. The van der Waals surface area contributed by atoms with E-state index in [9.17, 15) is 24.0 Å². The Morgan fingerprint density at radius 1 is 1.05 bits per heavy atom. The number of carboxylic acids is 1. The molecule has 2 fully saturated rings. The molecule has 10 nitrogen and oxygen atoms in total. The number of carboxylic acid groups (broad SMARTS) is 1. The number of carbonyl (C=O) groups excluding carboxylic acids is 4. The fourth-order valence-corrected chi connectivity index (χ4v) is 2.41. The Balaban J connectivity index is 2.07. The molecule has 0 bridgehead atoms. The molecule has 2 aliphatic heterocycles. The van der Waals surface area contributed by atoms with E-state index in [-0.39, 0.29) is 19.6 Å². The fourth-order valence-electron chi connectivity index (χ4n) is 2.41. The van der Waals surface area contributed by atoms with Crippen molar-refractivity contribution in [3.63, 3.8) is 0 Å². The lowest BCUT2D eigenvalue weighted by molar-refractivity contribution is -0.139. The lowest BCUT2D eigenvalue weighted by Crippen LogP contribution is -2.45. The molecule has 1 N–H and O–H groups in total. The van der Waals surface area contributed by atoms with Crippen molar-refractivity contribution < 1.29 is 38.6 Å². The first-order valence-corrected chi connectivity index (χ1v) is 6.48. The van der Waals surface area contributed by atoms with Gasteiger partial charge >= 0.3 is 18.2 Å². The summed E-state index contributed by atoms with van der Waals surface area (Å²) in [5.41, 5.74) is 0. The molecule has 120 valence electrons. The van der Waals surface area contributed by atoms with E-state index in [0.29, 0.717) is 0 Å². The minimum Gasteiger partial charge on any atom is -0.481 e. The molecular formula is C12H14N2O8. The summed E-state index contributed by atoms with van der Waals surface area (Å²) in [5.74, 6) is -2.47. The number of amides is 4. The van der Waals surface area contributed by atoms with Crippen molar-refractivity contribution >= 4 is 30.0 Å². The first-order chi connectivity index (χ1) is 10.3. The van der Waals surface area contributed by atoms with Gasteiger partial charge in [0.05, 0.1) is 24.9 Å². The van der Waals surface area contributed by atoms with Crippen molar-refractivity contribution in [3.05, 3.63) is 0 Å². The summed E-state index contributed by atoms with van der Waals surface area (Å²) in [4.78, 5) is 58.8. The summed E-state index contributed by atoms with van der Waals surface area (Å²) in [6, 6.07) is -1.72. The maximum absolute atomic E-state index is 12.2. The lowest BCUT2D eigenvalue weighted by Gasteiger charge is -2.22. The van der Waals surface area contributed by atoms with Crippen LogP contribution in [0.25, 0.3) is 0 Å². The van der Waals surface area contributed by atoms with Crippen LogP contribution in [0.5, 0.6) is 0 Å². The average molecular weight is 314 g/mol. The molecule has 10 heteroatoms. The van der Waals surface area contributed by atoms with E-state index in [2.05, 4.69) is 4.74 Å². The zero-order valence-corrected chi connectivity index (χ0v) is 11.7. The molecule has 4 amide bonds. The van der Waals surface area contributed by atoms with Crippen LogP contribution >= 0.6 is 0 Å². The van der Waals surface area contributed by atoms with Crippen LogP contribution in [0.1, 0.15) is 19.8 Å². The highest BCUT2D eigenvalue weighted by atomic mass is 16.6. The van der Waals surface area contributed by atoms with Gasteiger partial charge in [0.2, 0.25) is 11.8 Å². The molecular weight excluding hydrogens is 300 g/mol. The summed E-state index contributed by atoms with van der Waals surface area (Å²) in [7, 11) is 0. The highest BCUT2D eigenvalue weighted by molar-refractivity contribution is 5.96. The quantitative estimate of drug-likeness (QED) is 0.739. The Hall–Kier alpha value is -2.65. The predicted octanol–water partition coefficient (Wildman–Crippen LogP) is -0.434. The van der Waals surface area contributed by atoms with E-state index in [1.54, 1.807) is 0 Å². The van der Waals surface area contributed by atoms with Crippen molar-refractivity contribution in [2.75, 3.05) is 13.2 Å². The predicted molar refractivity (Wildman–Crippen MR) is 66.5 cm³/mol. The van der Waals surface area contributed by atoms with Gasteiger partial charge in [0.1, 0.15) is 13.2 Å².